The second-order valence-electron chi connectivity index (χ2n) is 4.61. The number of carbonyl (C=O) groups is 1. The Bertz CT molecular complexity index is 362. The van der Waals surface area contributed by atoms with E-state index in [0.717, 1.165) is 22.6 Å². The molecule has 0 bridgehead atoms. The molecule has 0 N–H and O–H groups in total. The second kappa shape index (κ2) is 5.06. The van der Waals surface area contributed by atoms with Gasteiger partial charge in [-0.1, -0.05) is 0 Å². The molecule has 1 aliphatic heterocycles. The van der Waals surface area contributed by atoms with Crippen LogP contribution < -0.4 is 0 Å². The molecule has 1 saturated heterocycles. The van der Waals surface area contributed by atoms with E-state index >= 15 is 0 Å². The van der Waals surface area contributed by atoms with Crippen molar-refractivity contribution >= 4 is 17.6 Å². The van der Waals surface area contributed by atoms with Gasteiger partial charge >= 0.3 is 0 Å². The molecule has 1 atom stereocenters. The molecular weight excluding hydrogens is 220 g/mol. The lowest BCUT2D eigenvalue weighted by Gasteiger charge is -2.27. The van der Waals surface area contributed by atoms with E-state index in [9.17, 15) is 4.79 Å². The molecule has 3 nitrogen and oxygen atoms in total. The predicted molar refractivity (Wildman–Crippen MR) is 66.1 cm³/mol. The first-order chi connectivity index (χ1) is 7.70. The fourth-order valence-electron chi connectivity index (χ4n) is 2.43. The van der Waals surface area contributed by atoms with Crippen LogP contribution in [0.5, 0.6) is 0 Å². The minimum absolute atomic E-state index is 0.609. The molecule has 2 rings (SSSR count). The van der Waals surface area contributed by atoms with Crippen LogP contribution in [0.1, 0.15) is 41.4 Å². The third kappa shape index (κ3) is 2.50. The van der Waals surface area contributed by atoms with Crippen LogP contribution in [0.15, 0.2) is 6.20 Å². The Labute approximate surface area is 100 Å². The Morgan fingerprint density at radius 2 is 2.50 bits per heavy atom. The van der Waals surface area contributed by atoms with Crippen LogP contribution in [-0.2, 0) is 6.42 Å². The third-order valence-electron chi connectivity index (χ3n) is 3.18. The Hall–Kier alpha value is -0.740. The van der Waals surface area contributed by atoms with Crippen molar-refractivity contribution in [1.82, 2.24) is 9.88 Å². The smallest absolute Gasteiger partial charge is 0.161 e. The molecule has 1 aromatic heterocycles. The highest BCUT2D eigenvalue weighted by Gasteiger charge is 2.27. The van der Waals surface area contributed by atoms with Crippen molar-refractivity contribution in [2.75, 3.05) is 6.54 Å². The lowest BCUT2D eigenvalue weighted by Crippen LogP contribution is -2.36. The van der Waals surface area contributed by atoms with Crippen LogP contribution in [-0.4, -0.2) is 34.8 Å². The fourth-order valence-corrected chi connectivity index (χ4v) is 3.24. The zero-order valence-electron chi connectivity index (χ0n) is 9.85. The Morgan fingerprint density at radius 3 is 3.12 bits per heavy atom. The van der Waals surface area contributed by atoms with Gasteiger partial charge in [0, 0.05) is 24.7 Å². The van der Waals surface area contributed by atoms with Crippen molar-refractivity contribution in [3.05, 3.63) is 16.1 Å². The minimum Gasteiger partial charge on any atom is -0.298 e. The molecule has 0 spiro atoms. The molecule has 0 aliphatic carbocycles. The Kier molecular flexibility index (Phi) is 3.71. The lowest BCUT2D eigenvalue weighted by molar-refractivity contribution is 0.112. The minimum atomic E-state index is 0.609. The normalized spacial score (nSPS) is 21.8. The number of hydrogen-bond donors (Lipinski definition) is 0. The molecule has 2 heterocycles. The first-order valence-corrected chi connectivity index (χ1v) is 6.68. The molecular formula is C12H18N2OS. The lowest BCUT2D eigenvalue weighted by atomic mass is 10.1. The van der Waals surface area contributed by atoms with Crippen molar-refractivity contribution < 1.29 is 4.79 Å². The molecule has 1 fully saturated rings. The number of likely N-dealkylation sites (tertiary alicyclic amines) is 1. The second-order valence-corrected chi connectivity index (χ2v) is 5.75. The van der Waals surface area contributed by atoms with Crippen molar-refractivity contribution in [3.63, 3.8) is 0 Å². The molecule has 88 valence electrons. The molecule has 1 aromatic rings. The highest BCUT2D eigenvalue weighted by molar-refractivity contribution is 7.13. The molecule has 16 heavy (non-hydrogen) atoms. The van der Waals surface area contributed by atoms with Gasteiger partial charge in [0.2, 0.25) is 0 Å². The average Bonchev–Trinajstić information content (AvgIpc) is 2.87. The third-order valence-corrected chi connectivity index (χ3v) is 4.13. The maximum absolute atomic E-state index is 10.6. The van der Waals surface area contributed by atoms with E-state index in [4.69, 9.17) is 0 Å². The van der Waals surface area contributed by atoms with Crippen molar-refractivity contribution in [3.8, 4) is 0 Å². The number of hydrogen-bond acceptors (Lipinski definition) is 4. The summed E-state index contributed by atoms with van der Waals surface area (Å²) in [6, 6.07) is 1.23. The number of rotatable bonds is 4. The molecule has 1 aliphatic rings. The molecule has 0 radical (unpaired) electrons. The summed E-state index contributed by atoms with van der Waals surface area (Å²) in [5.74, 6) is 0. The number of aldehydes is 1. The van der Waals surface area contributed by atoms with Crippen LogP contribution in [0.4, 0.5) is 0 Å². The first-order valence-electron chi connectivity index (χ1n) is 5.86. The van der Waals surface area contributed by atoms with Gasteiger partial charge in [-0.25, -0.2) is 4.98 Å². The van der Waals surface area contributed by atoms with Crippen LogP contribution in [0.25, 0.3) is 0 Å². The zero-order chi connectivity index (χ0) is 11.5. The van der Waals surface area contributed by atoms with Crippen LogP contribution in [0.3, 0.4) is 0 Å². The van der Waals surface area contributed by atoms with Gasteiger partial charge in [0.15, 0.2) is 6.29 Å². The summed E-state index contributed by atoms with van der Waals surface area (Å²) in [5.41, 5.74) is 0. The van der Waals surface area contributed by atoms with E-state index < -0.39 is 0 Å². The summed E-state index contributed by atoms with van der Waals surface area (Å²) in [6.07, 6.45) is 6.11. The molecule has 1 unspecified atom stereocenters. The summed E-state index contributed by atoms with van der Waals surface area (Å²) in [7, 11) is 0. The Balaban J connectivity index is 2.00. The van der Waals surface area contributed by atoms with Gasteiger partial charge in [-0.3, -0.25) is 9.69 Å². The van der Waals surface area contributed by atoms with E-state index in [0.29, 0.717) is 12.1 Å². The first kappa shape index (κ1) is 11.7. The number of thiazole rings is 1. The van der Waals surface area contributed by atoms with E-state index in [2.05, 4.69) is 23.7 Å². The molecule has 4 heteroatoms. The summed E-state index contributed by atoms with van der Waals surface area (Å²) in [4.78, 5) is 18.2. The van der Waals surface area contributed by atoms with Gasteiger partial charge in [-0.05, 0) is 33.2 Å². The summed E-state index contributed by atoms with van der Waals surface area (Å²) >= 11 is 1.53. The van der Waals surface area contributed by atoms with Crippen LogP contribution in [0, 0.1) is 0 Å². The quantitative estimate of drug-likeness (QED) is 0.755. The van der Waals surface area contributed by atoms with Crippen LogP contribution in [0.2, 0.25) is 0 Å². The highest BCUT2D eigenvalue weighted by Crippen LogP contribution is 2.24. The van der Waals surface area contributed by atoms with E-state index in [1.165, 1.54) is 30.7 Å². The van der Waals surface area contributed by atoms with E-state index in [1.807, 2.05) is 0 Å². The van der Waals surface area contributed by atoms with Gasteiger partial charge in [0.25, 0.3) is 0 Å². The van der Waals surface area contributed by atoms with Crippen molar-refractivity contribution in [1.29, 1.82) is 0 Å². The maximum atomic E-state index is 10.6. The van der Waals surface area contributed by atoms with E-state index in [-0.39, 0.29) is 0 Å². The predicted octanol–water partition coefficient (Wildman–Crippen LogP) is 2.37. The molecule has 0 amide bonds. The van der Waals surface area contributed by atoms with Crippen LogP contribution >= 0.6 is 11.3 Å². The highest BCUT2D eigenvalue weighted by atomic mass is 32.1. The van der Waals surface area contributed by atoms with Gasteiger partial charge in [0.05, 0.1) is 9.88 Å². The molecule has 0 aromatic carbocycles. The van der Waals surface area contributed by atoms with Gasteiger partial charge in [-0.15, -0.1) is 11.3 Å². The monoisotopic (exact) mass is 238 g/mol. The zero-order valence-corrected chi connectivity index (χ0v) is 10.7. The standard InChI is InChI=1S/C12H18N2OS/c1-9(2)14-5-3-4-10(14)6-12-13-7-11(8-15)16-12/h7-10H,3-6H2,1-2H3. The summed E-state index contributed by atoms with van der Waals surface area (Å²) in [6.45, 7) is 5.70. The summed E-state index contributed by atoms with van der Waals surface area (Å²) < 4.78 is 0. The van der Waals surface area contributed by atoms with Gasteiger partial charge in [0.1, 0.15) is 0 Å². The topological polar surface area (TPSA) is 33.2 Å². The average molecular weight is 238 g/mol. The number of nitrogens with zero attached hydrogens (tertiary/aromatic N) is 2. The van der Waals surface area contributed by atoms with Gasteiger partial charge < -0.3 is 0 Å². The number of carbonyl (C=O) groups excluding carboxylic acids is 1. The molecule has 0 saturated carbocycles. The van der Waals surface area contributed by atoms with E-state index in [1.54, 1.807) is 6.20 Å². The van der Waals surface area contributed by atoms with Crippen molar-refractivity contribution in [2.45, 2.75) is 45.2 Å². The van der Waals surface area contributed by atoms with Crippen molar-refractivity contribution in [2.24, 2.45) is 0 Å². The Morgan fingerprint density at radius 1 is 1.69 bits per heavy atom. The van der Waals surface area contributed by atoms with Gasteiger partial charge in [-0.2, -0.15) is 0 Å². The maximum Gasteiger partial charge on any atom is 0.161 e. The number of aromatic nitrogens is 1. The SMILES string of the molecule is CC(C)N1CCCC1Cc1ncc(C=O)s1. The summed E-state index contributed by atoms with van der Waals surface area (Å²) in [5, 5.41) is 1.10. The largest absolute Gasteiger partial charge is 0.298 e. The fraction of sp³-hybridized carbons (Fsp3) is 0.667.